The zero-order chi connectivity index (χ0) is 22.3. The van der Waals surface area contributed by atoms with Crippen molar-refractivity contribution in [3.8, 4) is 0 Å². The number of nitrogens with zero attached hydrogens (tertiary/aromatic N) is 4. The van der Waals surface area contributed by atoms with Crippen LogP contribution in [0.2, 0.25) is 0 Å². The van der Waals surface area contributed by atoms with Crippen molar-refractivity contribution in [2.24, 2.45) is 0 Å². The molecule has 3 aromatic rings. The van der Waals surface area contributed by atoms with Gasteiger partial charge in [0.05, 0.1) is 16.8 Å². The molecule has 0 atom stereocenters. The topological polar surface area (TPSA) is 43.6 Å². The zero-order valence-corrected chi connectivity index (χ0v) is 18.8. The Bertz CT molecular complexity index is 967. The van der Waals surface area contributed by atoms with Crippen LogP contribution in [0, 0.1) is 0 Å². The summed E-state index contributed by atoms with van der Waals surface area (Å²) >= 11 is 1.68. The smallest absolute Gasteiger partial charge is 0.256 e. The van der Waals surface area contributed by atoms with Crippen LogP contribution in [0.15, 0.2) is 41.6 Å². The summed E-state index contributed by atoms with van der Waals surface area (Å²) < 4.78 is 40.7. The number of unbranched alkanes of at least 4 members (excludes halogenated alkanes) is 3. The van der Waals surface area contributed by atoms with Crippen LogP contribution in [0.3, 0.4) is 0 Å². The lowest BCUT2D eigenvalue weighted by atomic mass is 10.0. The third-order valence-electron chi connectivity index (χ3n) is 5.53. The predicted octanol–water partition coefficient (Wildman–Crippen LogP) is 7.10. The molecular weight excluding hydrogens is 421 g/mol. The van der Waals surface area contributed by atoms with E-state index in [0.717, 1.165) is 78.9 Å². The highest BCUT2D eigenvalue weighted by Gasteiger charge is 2.30. The average molecular weight is 451 g/mol. The van der Waals surface area contributed by atoms with Gasteiger partial charge in [-0.05, 0) is 49.6 Å². The molecule has 168 valence electrons. The molecule has 0 amide bonds. The van der Waals surface area contributed by atoms with Gasteiger partial charge in [0.1, 0.15) is 0 Å². The molecule has 0 aliphatic heterocycles. The van der Waals surface area contributed by atoms with Crippen LogP contribution < -0.4 is 0 Å². The van der Waals surface area contributed by atoms with E-state index >= 15 is 0 Å². The van der Waals surface area contributed by atoms with E-state index in [0.29, 0.717) is 11.4 Å². The maximum Gasteiger partial charge on any atom is 0.416 e. The highest BCUT2D eigenvalue weighted by molar-refractivity contribution is 7.99. The van der Waals surface area contributed by atoms with E-state index < -0.39 is 11.7 Å². The number of thioether (sulfide) groups is 1. The summed E-state index contributed by atoms with van der Waals surface area (Å²) in [5.74, 6) is 1.43. The fourth-order valence-corrected chi connectivity index (χ4v) is 4.71. The molecule has 0 spiro atoms. The Hall–Kier alpha value is -2.09. The number of fused-ring (bicyclic) bond motifs is 1. The summed E-state index contributed by atoms with van der Waals surface area (Å²) in [6.07, 6.45) is 5.84. The molecule has 4 nitrogen and oxygen atoms in total. The Balaban J connectivity index is 1.41. The normalized spacial score (nSPS) is 12.2. The Morgan fingerprint density at radius 1 is 1.03 bits per heavy atom. The first-order valence-electron chi connectivity index (χ1n) is 10.9. The molecule has 2 aromatic heterocycles. The lowest BCUT2D eigenvalue weighted by Gasteiger charge is -2.10. The van der Waals surface area contributed by atoms with Gasteiger partial charge < -0.3 is 0 Å². The second kappa shape index (κ2) is 11.0. The van der Waals surface area contributed by atoms with Gasteiger partial charge in [0, 0.05) is 35.1 Å². The van der Waals surface area contributed by atoms with Crippen molar-refractivity contribution < 1.29 is 13.2 Å². The number of aromatic nitrogens is 4. The third kappa shape index (κ3) is 6.45. The van der Waals surface area contributed by atoms with Gasteiger partial charge in [-0.1, -0.05) is 38.0 Å². The van der Waals surface area contributed by atoms with Crippen molar-refractivity contribution in [1.82, 2.24) is 20.0 Å². The average Bonchev–Trinajstić information content (AvgIpc) is 3.21. The molecule has 0 unspecified atom stereocenters. The minimum atomic E-state index is -4.35. The molecule has 0 aliphatic rings. The van der Waals surface area contributed by atoms with Gasteiger partial charge in [0.2, 0.25) is 0 Å². The Labute approximate surface area is 185 Å². The van der Waals surface area contributed by atoms with Gasteiger partial charge in [0.25, 0.3) is 0 Å². The number of alkyl halides is 3. The lowest BCUT2D eigenvalue weighted by molar-refractivity contribution is -0.137. The first kappa shape index (κ1) is 23.6. The molecule has 0 saturated heterocycles. The van der Waals surface area contributed by atoms with Gasteiger partial charge in [-0.3, -0.25) is 9.67 Å². The Morgan fingerprint density at radius 3 is 2.55 bits per heavy atom. The molecule has 0 saturated carbocycles. The molecule has 31 heavy (non-hydrogen) atoms. The van der Waals surface area contributed by atoms with Crippen molar-refractivity contribution in [2.45, 2.75) is 75.9 Å². The van der Waals surface area contributed by atoms with Crippen LogP contribution in [-0.4, -0.2) is 25.7 Å². The summed E-state index contributed by atoms with van der Waals surface area (Å²) in [6, 6.07) is 5.66. The highest BCUT2D eigenvalue weighted by atomic mass is 32.2. The van der Waals surface area contributed by atoms with Crippen molar-refractivity contribution in [3.63, 3.8) is 0 Å². The van der Waals surface area contributed by atoms with E-state index in [1.54, 1.807) is 18.0 Å². The van der Waals surface area contributed by atoms with E-state index in [1.165, 1.54) is 6.07 Å². The molecular formula is C23H29F3N4S. The van der Waals surface area contributed by atoms with Crippen LogP contribution in [0.4, 0.5) is 13.2 Å². The predicted molar refractivity (Wildman–Crippen MR) is 119 cm³/mol. The molecule has 8 heteroatoms. The van der Waals surface area contributed by atoms with Crippen LogP contribution in [-0.2, 0) is 12.7 Å². The maximum absolute atomic E-state index is 12.9. The number of aryl methyl sites for hydroxylation is 1. The quantitative estimate of drug-likeness (QED) is 0.231. The fraction of sp³-hybridized carbons (Fsp3) is 0.522. The lowest BCUT2D eigenvalue weighted by Crippen LogP contribution is -2.04. The van der Waals surface area contributed by atoms with Gasteiger partial charge in [0.15, 0.2) is 0 Å². The third-order valence-corrected chi connectivity index (χ3v) is 6.69. The second-order valence-corrected chi connectivity index (χ2v) is 8.86. The SMILES string of the molecule is CCC(CC)c1cn(CCCCCCSc2ccnc3cc(C(F)(F)F)ccc23)nn1. The first-order valence-corrected chi connectivity index (χ1v) is 11.9. The van der Waals surface area contributed by atoms with Gasteiger partial charge in [-0.25, -0.2) is 0 Å². The number of halogens is 3. The molecule has 2 heterocycles. The van der Waals surface area contributed by atoms with Crippen molar-refractivity contribution in [2.75, 3.05) is 5.75 Å². The largest absolute Gasteiger partial charge is 0.416 e. The molecule has 0 fully saturated rings. The Morgan fingerprint density at radius 2 is 1.81 bits per heavy atom. The van der Waals surface area contributed by atoms with Gasteiger partial charge in [-0.2, -0.15) is 13.2 Å². The highest BCUT2D eigenvalue weighted by Crippen LogP contribution is 2.34. The zero-order valence-electron chi connectivity index (χ0n) is 18.0. The van der Waals surface area contributed by atoms with Crippen LogP contribution in [0.5, 0.6) is 0 Å². The van der Waals surface area contributed by atoms with Crippen molar-refractivity contribution >= 4 is 22.7 Å². The number of hydrogen-bond acceptors (Lipinski definition) is 4. The van der Waals surface area contributed by atoms with E-state index in [1.807, 2.05) is 10.7 Å². The number of pyridine rings is 1. The standard InChI is InChI=1S/C23H29F3N4S/c1-3-17(4-2)21-16-30(29-28-21)13-7-5-6-8-14-31-22-11-12-27-20-15-18(23(24,25)26)9-10-19(20)22/h9-12,15-17H,3-8,13-14H2,1-2H3. The van der Waals surface area contributed by atoms with E-state index in [2.05, 4.69) is 35.3 Å². The summed E-state index contributed by atoms with van der Waals surface area (Å²) in [6.45, 7) is 5.25. The van der Waals surface area contributed by atoms with Gasteiger partial charge >= 0.3 is 6.18 Å². The van der Waals surface area contributed by atoms with Crippen LogP contribution >= 0.6 is 11.8 Å². The monoisotopic (exact) mass is 450 g/mol. The minimum Gasteiger partial charge on any atom is -0.256 e. The number of hydrogen-bond donors (Lipinski definition) is 0. The van der Waals surface area contributed by atoms with E-state index in [9.17, 15) is 13.2 Å². The molecule has 0 N–H and O–H groups in total. The minimum absolute atomic E-state index is 0.389. The van der Waals surface area contributed by atoms with Crippen molar-refractivity contribution in [3.05, 3.63) is 47.9 Å². The number of rotatable bonds is 11. The maximum atomic E-state index is 12.9. The second-order valence-electron chi connectivity index (χ2n) is 7.72. The van der Waals surface area contributed by atoms with Gasteiger partial charge in [-0.15, -0.1) is 16.9 Å². The molecule has 0 bridgehead atoms. The Kier molecular flexibility index (Phi) is 8.35. The molecule has 1 aromatic carbocycles. The van der Waals surface area contributed by atoms with E-state index in [4.69, 9.17) is 0 Å². The van der Waals surface area contributed by atoms with Crippen LogP contribution in [0.1, 0.15) is 69.5 Å². The first-order chi connectivity index (χ1) is 14.9. The molecule has 0 radical (unpaired) electrons. The van der Waals surface area contributed by atoms with Crippen molar-refractivity contribution in [1.29, 1.82) is 0 Å². The van der Waals surface area contributed by atoms with E-state index in [-0.39, 0.29) is 0 Å². The number of benzene rings is 1. The summed E-state index contributed by atoms with van der Waals surface area (Å²) in [4.78, 5) is 5.09. The summed E-state index contributed by atoms with van der Waals surface area (Å²) in [5.41, 5.74) is 0.822. The fourth-order valence-electron chi connectivity index (χ4n) is 3.65. The summed E-state index contributed by atoms with van der Waals surface area (Å²) in [5, 5.41) is 9.33. The molecule has 0 aliphatic carbocycles. The molecule has 3 rings (SSSR count). The summed E-state index contributed by atoms with van der Waals surface area (Å²) in [7, 11) is 0. The van der Waals surface area contributed by atoms with Crippen LogP contribution in [0.25, 0.3) is 10.9 Å².